The first-order valence-electron chi connectivity index (χ1n) is 8.63. The van der Waals surface area contributed by atoms with Gasteiger partial charge in [0.15, 0.2) is 0 Å². The molecule has 0 saturated carbocycles. The van der Waals surface area contributed by atoms with Crippen LogP contribution in [0, 0.1) is 19.8 Å². The van der Waals surface area contributed by atoms with Crippen molar-refractivity contribution in [3.8, 4) is 5.75 Å². The van der Waals surface area contributed by atoms with Crippen LogP contribution in [0.15, 0.2) is 39.8 Å². The number of hydrogen-bond donors (Lipinski definition) is 2. The number of carbonyl (C=O) groups excluding carboxylic acids is 1. The lowest BCUT2D eigenvalue weighted by atomic mass is 10.1. The summed E-state index contributed by atoms with van der Waals surface area (Å²) in [6.45, 7) is 7.22. The van der Waals surface area contributed by atoms with Crippen molar-refractivity contribution in [2.75, 3.05) is 7.11 Å². The predicted molar refractivity (Wildman–Crippen MR) is 102 cm³/mol. The summed E-state index contributed by atoms with van der Waals surface area (Å²) in [6.07, 6.45) is 1.51. The Balaban J connectivity index is 2.21. The molecule has 0 saturated heterocycles. The number of furan rings is 1. The second kappa shape index (κ2) is 8.58. The third-order valence-electron chi connectivity index (χ3n) is 4.23. The van der Waals surface area contributed by atoms with E-state index >= 15 is 0 Å². The van der Waals surface area contributed by atoms with Crippen LogP contribution in [0.1, 0.15) is 30.7 Å². The minimum Gasteiger partial charge on any atom is -0.496 e. The maximum atomic E-state index is 12.9. The number of methoxy groups -OCH3 is 1. The van der Waals surface area contributed by atoms with Crippen molar-refractivity contribution in [3.63, 3.8) is 0 Å². The van der Waals surface area contributed by atoms with Crippen LogP contribution in [0.5, 0.6) is 5.75 Å². The topological polar surface area (TPSA) is 97.6 Å². The highest BCUT2D eigenvalue weighted by Gasteiger charge is 2.29. The van der Waals surface area contributed by atoms with E-state index in [1.807, 2.05) is 0 Å². The largest absolute Gasteiger partial charge is 0.496 e. The van der Waals surface area contributed by atoms with E-state index in [0.29, 0.717) is 22.6 Å². The van der Waals surface area contributed by atoms with Gasteiger partial charge in [0.25, 0.3) is 0 Å². The van der Waals surface area contributed by atoms with Gasteiger partial charge in [0.2, 0.25) is 15.9 Å². The number of benzene rings is 1. The fourth-order valence-electron chi connectivity index (χ4n) is 2.69. The number of ether oxygens (including phenoxy) is 1. The van der Waals surface area contributed by atoms with Crippen molar-refractivity contribution in [1.82, 2.24) is 10.0 Å². The van der Waals surface area contributed by atoms with E-state index in [1.54, 1.807) is 52.0 Å². The summed E-state index contributed by atoms with van der Waals surface area (Å²) in [5.41, 5.74) is 1.25. The van der Waals surface area contributed by atoms with Crippen LogP contribution in [0.2, 0.25) is 0 Å². The third kappa shape index (κ3) is 5.11. The van der Waals surface area contributed by atoms with E-state index in [2.05, 4.69) is 10.0 Å². The van der Waals surface area contributed by atoms with Crippen LogP contribution in [-0.4, -0.2) is 27.5 Å². The Morgan fingerprint density at radius 2 is 1.93 bits per heavy atom. The van der Waals surface area contributed by atoms with Gasteiger partial charge in [-0.25, -0.2) is 8.42 Å². The van der Waals surface area contributed by atoms with Crippen LogP contribution in [0.4, 0.5) is 0 Å². The highest BCUT2D eigenvalue weighted by molar-refractivity contribution is 7.89. The van der Waals surface area contributed by atoms with Gasteiger partial charge in [0.05, 0.1) is 24.8 Å². The van der Waals surface area contributed by atoms with Gasteiger partial charge < -0.3 is 14.5 Å². The Hall–Kier alpha value is -2.32. The number of rotatable bonds is 8. The zero-order chi connectivity index (χ0) is 20.2. The molecule has 0 aliphatic heterocycles. The van der Waals surface area contributed by atoms with E-state index in [-0.39, 0.29) is 17.4 Å². The Morgan fingerprint density at radius 1 is 1.22 bits per heavy atom. The average molecular weight is 394 g/mol. The molecule has 2 N–H and O–H groups in total. The molecule has 1 aromatic heterocycles. The Labute approximate surface area is 160 Å². The van der Waals surface area contributed by atoms with Crippen molar-refractivity contribution >= 4 is 15.9 Å². The Morgan fingerprint density at radius 3 is 2.48 bits per heavy atom. The first-order valence-corrected chi connectivity index (χ1v) is 10.1. The number of nitrogens with one attached hydrogen (secondary N) is 2. The molecule has 0 radical (unpaired) electrons. The van der Waals surface area contributed by atoms with Crippen LogP contribution in [-0.2, 0) is 21.4 Å². The van der Waals surface area contributed by atoms with Gasteiger partial charge in [-0.05, 0) is 55.2 Å². The van der Waals surface area contributed by atoms with Gasteiger partial charge in [-0.2, -0.15) is 4.72 Å². The molecule has 2 rings (SSSR count). The molecule has 8 heteroatoms. The molecule has 0 spiro atoms. The molecular weight excluding hydrogens is 368 g/mol. The molecule has 7 nitrogen and oxygen atoms in total. The number of carbonyl (C=O) groups is 1. The molecule has 27 heavy (non-hydrogen) atoms. The van der Waals surface area contributed by atoms with Crippen molar-refractivity contribution in [2.45, 2.75) is 45.2 Å². The number of hydrogen-bond acceptors (Lipinski definition) is 5. The fraction of sp³-hybridized carbons (Fsp3) is 0.421. The lowest BCUT2D eigenvalue weighted by Crippen LogP contribution is -2.49. The Bertz CT molecular complexity index is 889. The second-order valence-electron chi connectivity index (χ2n) is 6.73. The summed E-state index contributed by atoms with van der Waals surface area (Å²) in [7, 11) is -2.36. The van der Waals surface area contributed by atoms with Gasteiger partial charge in [-0.3, -0.25) is 4.79 Å². The van der Waals surface area contributed by atoms with Gasteiger partial charge in [0.1, 0.15) is 17.6 Å². The maximum Gasteiger partial charge on any atom is 0.241 e. The molecular formula is C19H26N2O5S. The van der Waals surface area contributed by atoms with Crippen LogP contribution in [0.3, 0.4) is 0 Å². The lowest BCUT2D eigenvalue weighted by Gasteiger charge is -2.22. The molecule has 1 aromatic carbocycles. The molecule has 0 unspecified atom stereocenters. The SMILES string of the molecule is COc1cc(C)c(S(=O)(=O)N[C@H](C(=O)NCc2ccco2)C(C)C)cc1C. The molecule has 148 valence electrons. The van der Waals surface area contributed by atoms with Gasteiger partial charge in [-0.15, -0.1) is 0 Å². The normalized spacial score (nSPS) is 12.8. The number of aryl methyl sites for hydroxylation is 2. The third-order valence-corrected chi connectivity index (χ3v) is 5.81. The van der Waals surface area contributed by atoms with Crippen LogP contribution < -0.4 is 14.8 Å². The molecule has 0 fully saturated rings. The molecule has 0 bridgehead atoms. The molecule has 2 aromatic rings. The summed E-state index contributed by atoms with van der Waals surface area (Å²) >= 11 is 0. The zero-order valence-corrected chi connectivity index (χ0v) is 17.0. The predicted octanol–water partition coefficient (Wildman–Crippen LogP) is 2.52. The van der Waals surface area contributed by atoms with Crippen LogP contribution in [0.25, 0.3) is 0 Å². The summed E-state index contributed by atoms with van der Waals surface area (Å²) < 4.78 is 38.8. The number of sulfonamides is 1. The standard InChI is InChI=1S/C19H26N2O5S/c1-12(2)18(19(22)20-11-15-7-6-8-26-15)21-27(23,24)17-10-13(3)16(25-5)9-14(17)4/h6-10,12,18,21H,11H2,1-5H3,(H,20,22)/t18-/m0/s1. The van der Waals surface area contributed by atoms with Crippen molar-refractivity contribution < 1.29 is 22.4 Å². The highest BCUT2D eigenvalue weighted by atomic mass is 32.2. The van der Waals surface area contributed by atoms with E-state index < -0.39 is 22.0 Å². The van der Waals surface area contributed by atoms with Gasteiger partial charge in [-0.1, -0.05) is 13.8 Å². The van der Waals surface area contributed by atoms with E-state index in [0.717, 1.165) is 0 Å². The average Bonchev–Trinajstić information content (AvgIpc) is 3.12. The van der Waals surface area contributed by atoms with E-state index in [9.17, 15) is 13.2 Å². The lowest BCUT2D eigenvalue weighted by molar-refractivity contribution is -0.123. The summed E-state index contributed by atoms with van der Waals surface area (Å²) in [5, 5.41) is 2.71. The van der Waals surface area contributed by atoms with Crippen molar-refractivity contribution in [1.29, 1.82) is 0 Å². The van der Waals surface area contributed by atoms with E-state index in [4.69, 9.17) is 9.15 Å². The smallest absolute Gasteiger partial charge is 0.241 e. The number of amides is 1. The van der Waals surface area contributed by atoms with Crippen molar-refractivity contribution in [2.24, 2.45) is 5.92 Å². The van der Waals surface area contributed by atoms with Gasteiger partial charge in [0, 0.05) is 0 Å². The zero-order valence-electron chi connectivity index (χ0n) is 16.2. The van der Waals surface area contributed by atoms with Gasteiger partial charge >= 0.3 is 0 Å². The molecule has 0 aliphatic carbocycles. The second-order valence-corrected chi connectivity index (χ2v) is 8.41. The minimum atomic E-state index is -3.89. The first-order chi connectivity index (χ1) is 12.7. The molecule has 0 aliphatic rings. The summed E-state index contributed by atoms with van der Waals surface area (Å²) in [6, 6.07) is 5.77. The quantitative estimate of drug-likeness (QED) is 0.717. The maximum absolute atomic E-state index is 12.9. The molecule has 1 heterocycles. The monoisotopic (exact) mass is 394 g/mol. The Kier molecular flexibility index (Phi) is 6.67. The molecule has 1 atom stereocenters. The highest BCUT2D eigenvalue weighted by Crippen LogP contribution is 2.26. The molecule has 1 amide bonds. The van der Waals surface area contributed by atoms with Crippen molar-refractivity contribution in [3.05, 3.63) is 47.4 Å². The first kappa shape index (κ1) is 21.0. The summed E-state index contributed by atoms with van der Waals surface area (Å²) in [5.74, 6) is 0.558. The van der Waals surface area contributed by atoms with E-state index in [1.165, 1.54) is 13.4 Å². The summed E-state index contributed by atoms with van der Waals surface area (Å²) in [4.78, 5) is 12.7. The van der Waals surface area contributed by atoms with Crippen LogP contribution >= 0.6 is 0 Å². The fourth-order valence-corrected chi connectivity index (χ4v) is 4.35. The minimum absolute atomic E-state index is 0.130.